The summed E-state index contributed by atoms with van der Waals surface area (Å²) in [6.07, 6.45) is 2.40. The van der Waals surface area contributed by atoms with Crippen molar-refractivity contribution in [2.45, 2.75) is 11.9 Å². The second-order valence-corrected chi connectivity index (χ2v) is 5.04. The Morgan fingerprint density at radius 3 is 2.82 bits per heavy atom. The molecule has 0 saturated heterocycles. The molecule has 0 saturated carbocycles. The first-order chi connectivity index (χ1) is 7.95. The number of nitrogens with zero attached hydrogens (tertiary/aromatic N) is 2. The van der Waals surface area contributed by atoms with E-state index in [9.17, 15) is 13.2 Å². The quantitative estimate of drug-likeness (QED) is 0.715. The molecule has 0 aliphatic rings. The molecule has 94 valence electrons. The molecule has 8 heteroatoms. The Morgan fingerprint density at radius 1 is 1.71 bits per heavy atom. The third-order valence-corrected chi connectivity index (χ3v) is 4.03. The molecule has 1 aromatic rings. The Bertz CT molecular complexity index is 520. The molecule has 0 fully saturated rings. The predicted octanol–water partition coefficient (Wildman–Crippen LogP) is 0.305. The van der Waals surface area contributed by atoms with Gasteiger partial charge in [-0.2, -0.15) is 9.40 Å². The van der Waals surface area contributed by atoms with Gasteiger partial charge in [-0.25, -0.2) is 13.2 Å². The topological polar surface area (TPSA) is 103 Å². The summed E-state index contributed by atoms with van der Waals surface area (Å²) in [4.78, 5) is 10.8. The third-order valence-electron chi connectivity index (χ3n) is 2.12. The Hall–Kier alpha value is -1.67. The molecule has 0 amide bonds. The average molecular weight is 259 g/mol. The van der Waals surface area contributed by atoms with Crippen LogP contribution in [0.5, 0.6) is 0 Å². The van der Waals surface area contributed by atoms with Gasteiger partial charge in [0, 0.05) is 13.1 Å². The number of rotatable bonds is 6. The monoisotopic (exact) mass is 259 g/mol. The van der Waals surface area contributed by atoms with Crippen molar-refractivity contribution in [1.29, 1.82) is 0 Å². The molecule has 0 bridgehead atoms. The number of likely N-dealkylation sites (N-methyl/N-ethyl adjacent to an activating group) is 1. The molecule has 0 aromatic carbocycles. The van der Waals surface area contributed by atoms with Crippen LogP contribution in [0.1, 0.15) is 17.3 Å². The standard InChI is InChI=1S/C9H13N3O4S/c1-3-5-12(4-2)17(15,16)8-7(9(13)14)6-10-11-8/h3,6H,1,4-5H2,2H3,(H,10,11)(H,13,14). The van der Waals surface area contributed by atoms with Gasteiger partial charge in [0.25, 0.3) is 10.0 Å². The molecule has 2 N–H and O–H groups in total. The zero-order valence-electron chi connectivity index (χ0n) is 9.25. The fourth-order valence-electron chi connectivity index (χ4n) is 1.29. The maximum Gasteiger partial charge on any atom is 0.340 e. The van der Waals surface area contributed by atoms with Gasteiger partial charge in [-0.1, -0.05) is 13.0 Å². The maximum atomic E-state index is 12.1. The SMILES string of the molecule is C=CCN(CC)S(=O)(=O)c1[nH]ncc1C(=O)O. The number of carboxylic acids is 1. The molecule has 1 aromatic heterocycles. The van der Waals surface area contributed by atoms with Crippen LogP contribution in [0.25, 0.3) is 0 Å². The number of hydrogen-bond donors (Lipinski definition) is 2. The van der Waals surface area contributed by atoms with Crippen molar-refractivity contribution in [3.8, 4) is 0 Å². The van der Waals surface area contributed by atoms with E-state index < -0.39 is 21.0 Å². The highest BCUT2D eigenvalue weighted by Crippen LogP contribution is 2.17. The van der Waals surface area contributed by atoms with Crippen LogP contribution in [0.3, 0.4) is 0 Å². The van der Waals surface area contributed by atoms with Crippen molar-refractivity contribution in [3.05, 3.63) is 24.4 Å². The summed E-state index contributed by atoms with van der Waals surface area (Å²) >= 11 is 0. The zero-order chi connectivity index (χ0) is 13.1. The summed E-state index contributed by atoms with van der Waals surface area (Å²) in [7, 11) is -3.88. The highest BCUT2D eigenvalue weighted by atomic mass is 32.2. The van der Waals surface area contributed by atoms with Crippen LogP contribution in [0, 0.1) is 0 Å². The molecule has 0 radical (unpaired) electrons. The van der Waals surface area contributed by atoms with Gasteiger partial charge in [0.1, 0.15) is 5.56 Å². The number of aromatic amines is 1. The number of carboxylic acid groups (broad SMARTS) is 1. The van der Waals surface area contributed by atoms with E-state index in [1.165, 1.54) is 6.08 Å². The van der Waals surface area contributed by atoms with Crippen LogP contribution in [0.4, 0.5) is 0 Å². The van der Waals surface area contributed by atoms with E-state index in [4.69, 9.17) is 5.11 Å². The number of nitrogens with one attached hydrogen (secondary N) is 1. The van der Waals surface area contributed by atoms with Gasteiger partial charge in [-0.15, -0.1) is 6.58 Å². The number of aromatic carboxylic acids is 1. The van der Waals surface area contributed by atoms with E-state index in [0.29, 0.717) is 0 Å². The lowest BCUT2D eigenvalue weighted by atomic mass is 10.4. The minimum atomic E-state index is -3.88. The summed E-state index contributed by atoms with van der Waals surface area (Å²) < 4.78 is 25.3. The number of sulfonamides is 1. The van der Waals surface area contributed by atoms with Gasteiger partial charge in [0.05, 0.1) is 6.20 Å². The van der Waals surface area contributed by atoms with E-state index in [-0.39, 0.29) is 18.7 Å². The lowest BCUT2D eigenvalue weighted by molar-refractivity contribution is 0.0692. The van der Waals surface area contributed by atoms with E-state index in [1.807, 2.05) is 0 Å². The van der Waals surface area contributed by atoms with Gasteiger partial charge < -0.3 is 5.11 Å². The summed E-state index contributed by atoms with van der Waals surface area (Å²) in [6, 6.07) is 0. The zero-order valence-corrected chi connectivity index (χ0v) is 10.1. The summed E-state index contributed by atoms with van der Waals surface area (Å²) in [5.41, 5.74) is -0.368. The molecule has 0 atom stereocenters. The van der Waals surface area contributed by atoms with Crippen LogP contribution in [-0.4, -0.2) is 47.1 Å². The number of H-pyrrole nitrogens is 1. The number of carbonyl (C=O) groups is 1. The Labute approximate surface area is 98.8 Å². The lowest BCUT2D eigenvalue weighted by Crippen LogP contribution is -2.32. The van der Waals surface area contributed by atoms with Crippen LogP contribution in [0.15, 0.2) is 23.9 Å². The molecule has 1 heterocycles. The van der Waals surface area contributed by atoms with Gasteiger partial charge in [-0.3, -0.25) is 5.10 Å². The molecule has 0 aliphatic carbocycles. The van der Waals surface area contributed by atoms with Crippen LogP contribution < -0.4 is 0 Å². The van der Waals surface area contributed by atoms with Crippen LogP contribution in [0.2, 0.25) is 0 Å². The first-order valence-corrected chi connectivity index (χ1v) is 6.26. The summed E-state index contributed by atoms with van der Waals surface area (Å²) in [5, 5.41) is 14.1. The highest BCUT2D eigenvalue weighted by Gasteiger charge is 2.29. The molecule has 0 unspecified atom stereocenters. The van der Waals surface area contributed by atoms with Crippen molar-refractivity contribution >= 4 is 16.0 Å². The Kier molecular flexibility index (Phi) is 4.02. The second kappa shape index (κ2) is 5.11. The summed E-state index contributed by atoms with van der Waals surface area (Å²) in [6.45, 7) is 5.43. The van der Waals surface area contributed by atoms with E-state index in [2.05, 4.69) is 16.8 Å². The van der Waals surface area contributed by atoms with Crippen molar-refractivity contribution in [2.75, 3.05) is 13.1 Å². The van der Waals surface area contributed by atoms with E-state index in [0.717, 1.165) is 10.5 Å². The largest absolute Gasteiger partial charge is 0.478 e. The van der Waals surface area contributed by atoms with E-state index >= 15 is 0 Å². The molecular formula is C9H13N3O4S. The van der Waals surface area contributed by atoms with Gasteiger partial charge >= 0.3 is 5.97 Å². The second-order valence-electron chi connectivity index (χ2n) is 3.16. The maximum absolute atomic E-state index is 12.1. The van der Waals surface area contributed by atoms with Crippen LogP contribution in [-0.2, 0) is 10.0 Å². The van der Waals surface area contributed by atoms with Gasteiger partial charge in [0.15, 0.2) is 5.03 Å². The van der Waals surface area contributed by atoms with E-state index in [1.54, 1.807) is 6.92 Å². The molecule has 17 heavy (non-hydrogen) atoms. The van der Waals surface area contributed by atoms with Crippen molar-refractivity contribution in [3.63, 3.8) is 0 Å². The first kappa shape index (κ1) is 13.4. The Balaban J connectivity index is 3.25. The molecular weight excluding hydrogens is 246 g/mol. The van der Waals surface area contributed by atoms with Gasteiger partial charge in [-0.05, 0) is 0 Å². The van der Waals surface area contributed by atoms with Crippen molar-refractivity contribution < 1.29 is 18.3 Å². The van der Waals surface area contributed by atoms with Crippen molar-refractivity contribution in [2.24, 2.45) is 0 Å². The van der Waals surface area contributed by atoms with Gasteiger partial charge in [0.2, 0.25) is 0 Å². The Morgan fingerprint density at radius 2 is 2.35 bits per heavy atom. The average Bonchev–Trinajstić information content (AvgIpc) is 2.74. The molecule has 0 aliphatic heterocycles. The molecule has 1 rings (SSSR count). The predicted molar refractivity (Wildman–Crippen MR) is 60.2 cm³/mol. The normalized spacial score (nSPS) is 11.6. The number of aromatic nitrogens is 2. The van der Waals surface area contributed by atoms with Crippen molar-refractivity contribution in [1.82, 2.24) is 14.5 Å². The smallest absolute Gasteiger partial charge is 0.340 e. The molecule has 7 nitrogen and oxygen atoms in total. The minimum Gasteiger partial charge on any atom is -0.478 e. The number of hydrogen-bond acceptors (Lipinski definition) is 4. The highest BCUT2D eigenvalue weighted by molar-refractivity contribution is 7.89. The fourth-order valence-corrected chi connectivity index (χ4v) is 2.78. The first-order valence-electron chi connectivity index (χ1n) is 4.82. The summed E-state index contributed by atoms with van der Waals surface area (Å²) in [5.74, 6) is -1.34. The third kappa shape index (κ3) is 2.53. The molecule has 0 spiro atoms. The fraction of sp³-hybridized carbons (Fsp3) is 0.333. The lowest BCUT2D eigenvalue weighted by Gasteiger charge is -2.17. The minimum absolute atomic E-state index is 0.108. The van der Waals surface area contributed by atoms with Crippen LogP contribution >= 0.6 is 0 Å².